The molecule has 8 nitrogen and oxygen atoms in total. The summed E-state index contributed by atoms with van der Waals surface area (Å²) in [4.78, 5) is 24.6. The number of rotatable bonds is 3. The molecule has 0 radical (unpaired) electrons. The number of nitrogens with one attached hydrogen (secondary N) is 2. The monoisotopic (exact) mass is 447 g/mol. The molecule has 5 rings (SSSR count). The van der Waals surface area contributed by atoms with Gasteiger partial charge >= 0.3 is 6.09 Å². The molecule has 1 aromatic heterocycles. The second kappa shape index (κ2) is 7.12. The number of aryl methyl sites for hydroxylation is 1. The fourth-order valence-corrected chi connectivity index (χ4v) is 5.73. The standard InChI is InChI=1S/C21H23ClFN5O3/c1-28-18(24)16(19(29)26-13-2-3-15(23)14(22)6-13)17(27-28)10-4-11-7-21(8-12(11)5-10)9-25-20(30)31-21/h2-3,6,10-12H,4-5,7-9,24H2,1H3,(H,25,30)(H,26,29). The molecular formula is C21H23ClFN5O3. The predicted octanol–water partition coefficient (Wildman–Crippen LogP) is 3.43. The third-order valence-electron chi connectivity index (χ3n) is 6.88. The number of benzene rings is 1. The highest BCUT2D eigenvalue weighted by Gasteiger charge is 2.54. The predicted molar refractivity (Wildman–Crippen MR) is 112 cm³/mol. The van der Waals surface area contributed by atoms with Crippen LogP contribution in [0.1, 0.15) is 47.7 Å². The molecule has 1 saturated heterocycles. The molecule has 2 atom stereocenters. The van der Waals surface area contributed by atoms with E-state index in [0.717, 1.165) is 25.7 Å². The van der Waals surface area contributed by atoms with Gasteiger partial charge in [-0.15, -0.1) is 0 Å². The minimum Gasteiger partial charge on any atom is -0.441 e. The minimum atomic E-state index is -0.556. The smallest absolute Gasteiger partial charge is 0.407 e. The summed E-state index contributed by atoms with van der Waals surface area (Å²) in [5.74, 6) is 0.243. The first-order valence-corrected chi connectivity index (χ1v) is 10.7. The SMILES string of the molecule is Cn1nc(C2CC3CC4(CNC(=O)O4)CC3C2)c(C(=O)Nc2ccc(F)c(Cl)c2)c1N. The Hall–Kier alpha value is -2.81. The summed E-state index contributed by atoms with van der Waals surface area (Å²) < 4.78 is 20.5. The van der Waals surface area contributed by atoms with Gasteiger partial charge in [0.05, 0.1) is 17.3 Å². The van der Waals surface area contributed by atoms with Crippen LogP contribution < -0.4 is 16.4 Å². The zero-order valence-corrected chi connectivity index (χ0v) is 17.7. The topological polar surface area (TPSA) is 111 Å². The lowest BCUT2D eigenvalue weighted by molar-refractivity contribution is 0.0550. The fraction of sp³-hybridized carbons (Fsp3) is 0.476. The molecule has 4 N–H and O–H groups in total. The maximum absolute atomic E-state index is 13.4. The molecule has 3 fully saturated rings. The van der Waals surface area contributed by atoms with Crippen LogP contribution in [0.5, 0.6) is 0 Å². The van der Waals surface area contributed by atoms with E-state index in [2.05, 4.69) is 15.7 Å². The normalized spacial score (nSPS) is 29.1. The van der Waals surface area contributed by atoms with Gasteiger partial charge in [0.1, 0.15) is 22.8 Å². The Morgan fingerprint density at radius 2 is 2.10 bits per heavy atom. The lowest BCUT2D eigenvalue weighted by Gasteiger charge is -2.22. The van der Waals surface area contributed by atoms with E-state index in [0.29, 0.717) is 35.3 Å². The van der Waals surface area contributed by atoms with Crippen molar-refractivity contribution in [2.75, 3.05) is 17.6 Å². The molecule has 164 valence electrons. The van der Waals surface area contributed by atoms with E-state index in [1.165, 1.54) is 22.9 Å². The number of carbonyl (C=O) groups excluding carboxylic acids is 2. The number of hydrogen-bond acceptors (Lipinski definition) is 5. The van der Waals surface area contributed by atoms with E-state index < -0.39 is 11.7 Å². The number of fused-ring (bicyclic) bond motifs is 1. The van der Waals surface area contributed by atoms with E-state index in [4.69, 9.17) is 22.1 Å². The van der Waals surface area contributed by atoms with Gasteiger partial charge in [-0.1, -0.05) is 11.6 Å². The number of carbonyl (C=O) groups is 2. The summed E-state index contributed by atoms with van der Waals surface area (Å²) in [5.41, 5.74) is 7.21. The van der Waals surface area contributed by atoms with Crippen LogP contribution in [0.3, 0.4) is 0 Å². The van der Waals surface area contributed by atoms with Crippen molar-refractivity contribution >= 4 is 35.1 Å². The first kappa shape index (κ1) is 20.1. The number of hydrogen-bond donors (Lipinski definition) is 3. The highest BCUT2D eigenvalue weighted by molar-refractivity contribution is 6.31. The average molecular weight is 448 g/mol. The maximum Gasteiger partial charge on any atom is 0.407 e. The van der Waals surface area contributed by atoms with Crippen molar-refractivity contribution in [3.05, 3.63) is 40.3 Å². The van der Waals surface area contributed by atoms with Gasteiger partial charge in [0.2, 0.25) is 0 Å². The van der Waals surface area contributed by atoms with Crippen LogP contribution in [-0.4, -0.2) is 33.9 Å². The number of nitrogen functional groups attached to an aromatic ring is 1. The van der Waals surface area contributed by atoms with Crippen molar-refractivity contribution in [3.63, 3.8) is 0 Å². The Labute approximate surface area is 183 Å². The highest BCUT2D eigenvalue weighted by Crippen LogP contribution is 2.55. The van der Waals surface area contributed by atoms with Gasteiger partial charge in [0, 0.05) is 18.7 Å². The molecule has 1 aliphatic heterocycles. The summed E-state index contributed by atoms with van der Waals surface area (Å²) in [7, 11) is 1.71. The van der Waals surface area contributed by atoms with Crippen LogP contribution in [0, 0.1) is 17.7 Å². The zero-order chi connectivity index (χ0) is 21.9. The second-order valence-corrected chi connectivity index (χ2v) is 9.28. The molecule has 31 heavy (non-hydrogen) atoms. The van der Waals surface area contributed by atoms with Crippen LogP contribution in [-0.2, 0) is 11.8 Å². The highest BCUT2D eigenvalue weighted by atomic mass is 35.5. The van der Waals surface area contributed by atoms with Crippen molar-refractivity contribution in [1.82, 2.24) is 15.1 Å². The molecule has 0 bridgehead atoms. The molecule has 2 heterocycles. The van der Waals surface area contributed by atoms with Crippen LogP contribution in [0.4, 0.5) is 20.7 Å². The number of anilines is 2. The molecule has 2 aliphatic carbocycles. The summed E-state index contributed by atoms with van der Waals surface area (Å²) in [6.07, 6.45) is 3.04. The number of aromatic nitrogens is 2. The van der Waals surface area contributed by atoms with Gasteiger partial charge in [0.25, 0.3) is 5.91 Å². The molecule has 2 unspecified atom stereocenters. The van der Waals surface area contributed by atoms with Crippen molar-refractivity contribution in [2.45, 2.75) is 37.2 Å². The Balaban J connectivity index is 1.36. The Bertz CT molecular complexity index is 1070. The van der Waals surface area contributed by atoms with Crippen molar-refractivity contribution in [2.24, 2.45) is 18.9 Å². The van der Waals surface area contributed by atoms with E-state index in [1.807, 2.05) is 0 Å². The Morgan fingerprint density at radius 3 is 2.71 bits per heavy atom. The fourth-order valence-electron chi connectivity index (χ4n) is 5.55. The number of halogens is 2. The zero-order valence-electron chi connectivity index (χ0n) is 17.0. The van der Waals surface area contributed by atoms with Gasteiger partial charge in [-0.2, -0.15) is 5.10 Å². The lowest BCUT2D eigenvalue weighted by Crippen LogP contribution is -2.30. The van der Waals surface area contributed by atoms with Gasteiger partial charge in [-0.25, -0.2) is 9.18 Å². The van der Waals surface area contributed by atoms with Gasteiger partial charge in [0.15, 0.2) is 0 Å². The number of nitrogens with two attached hydrogens (primary N) is 1. The molecule has 3 aliphatic rings. The third-order valence-corrected chi connectivity index (χ3v) is 7.17. The Kier molecular flexibility index (Phi) is 4.62. The number of amides is 2. The van der Waals surface area contributed by atoms with Gasteiger partial charge < -0.3 is 21.1 Å². The number of alkyl carbamates (subject to hydrolysis) is 1. The van der Waals surface area contributed by atoms with Crippen molar-refractivity contribution in [3.8, 4) is 0 Å². The molecule has 10 heteroatoms. The molecule has 1 aromatic carbocycles. The van der Waals surface area contributed by atoms with Crippen LogP contribution in [0.25, 0.3) is 0 Å². The van der Waals surface area contributed by atoms with Crippen LogP contribution in [0.15, 0.2) is 18.2 Å². The number of ether oxygens (including phenoxy) is 1. The second-order valence-electron chi connectivity index (χ2n) is 8.87. The molecule has 2 amide bonds. The first-order valence-electron chi connectivity index (χ1n) is 10.3. The van der Waals surface area contributed by atoms with Crippen molar-refractivity contribution in [1.29, 1.82) is 0 Å². The van der Waals surface area contributed by atoms with Crippen LogP contribution in [0.2, 0.25) is 5.02 Å². The molecule has 1 spiro atoms. The lowest BCUT2D eigenvalue weighted by atomic mass is 9.91. The van der Waals surface area contributed by atoms with E-state index in [9.17, 15) is 14.0 Å². The quantitative estimate of drug-likeness (QED) is 0.667. The summed E-state index contributed by atoms with van der Waals surface area (Å²) in [6, 6.07) is 4.00. The molecule has 2 aromatic rings. The molecule has 2 saturated carbocycles. The molecular weight excluding hydrogens is 425 g/mol. The Morgan fingerprint density at radius 1 is 1.39 bits per heavy atom. The number of nitrogens with zero attached hydrogens (tertiary/aromatic N) is 2. The van der Waals surface area contributed by atoms with E-state index in [1.54, 1.807) is 7.05 Å². The third kappa shape index (κ3) is 3.40. The minimum absolute atomic E-state index is 0.0724. The van der Waals surface area contributed by atoms with E-state index >= 15 is 0 Å². The maximum atomic E-state index is 13.4. The average Bonchev–Trinajstić information content (AvgIpc) is 3.42. The van der Waals surface area contributed by atoms with Crippen molar-refractivity contribution < 1.29 is 18.7 Å². The van der Waals surface area contributed by atoms with Gasteiger partial charge in [-0.05, 0) is 55.7 Å². The van der Waals surface area contributed by atoms with E-state index in [-0.39, 0.29) is 28.5 Å². The summed E-state index contributed by atoms with van der Waals surface area (Å²) in [5, 5.41) is 10.0. The largest absolute Gasteiger partial charge is 0.441 e. The van der Waals surface area contributed by atoms with Gasteiger partial charge in [-0.3, -0.25) is 9.48 Å². The summed E-state index contributed by atoms with van der Waals surface area (Å²) >= 11 is 5.83. The summed E-state index contributed by atoms with van der Waals surface area (Å²) in [6.45, 7) is 0.563. The first-order chi connectivity index (χ1) is 14.7. The van der Waals surface area contributed by atoms with Crippen LogP contribution >= 0.6 is 11.6 Å².